The fourth-order valence-electron chi connectivity index (χ4n) is 2.66. The summed E-state index contributed by atoms with van der Waals surface area (Å²) in [5, 5.41) is 1.20. The second kappa shape index (κ2) is 6.93. The topological polar surface area (TPSA) is 46.5 Å². The van der Waals surface area contributed by atoms with Crippen LogP contribution in [0.2, 0.25) is 10.0 Å². The molecule has 2 rings (SSSR count). The standard InChI is InChI=1S/C17H19Cl2NO2/c1-17(2)8-15(21)13(16(22)9-17)10-20-6-5-11-3-4-12(18)7-14(11)19/h3-4,7,10,13H,5-6,8-9H2,1-2H3. The normalized spacial score (nSPS) is 19.1. The number of halogens is 2. The Balaban J connectivity index is 1.92. The van der Waals surface area contributed by atoms with E-state index in [0.717, 1.165) is 5.56 Å². The van der Waals surface area contributed by atoms with Gasteiger partial charge in [-0.3, -0.25) is 14.6 Å². The molecule has 0 amide bonds. The van der Waals surface area contributed by atoms with Crippen LogP contribution in [-0.2, 0) is 16.0 Å². The number of hydrogen-bond donors (Lipinski definition) is 0. The molecule has 0 spiro atoms. The van der Waals surface area contributed by atoms with Crippen molar-refractivity contribution in [3.8, 4) is 0 Å². The quantitative estimate of drug-likeness (QED) is 0.610. The van der Waals surface area contributed by atoms with Crippen molar-refractivity contribution in [1.29, 1.82) is 0 Å². The average molecular weight is 340 g/mol. The van der Waals surface area contributed by atoms with Crippen LogP contribution in [0.4, 0.5) is 0 Å². The van der Waals surface area contributed by atoms with Crippen molar-refractivity contribution >= 4 is 41.0 Å². The van der Waals surface area contributed by atoms with Crippen molar-refractivity contribution in [2.24, 2.45) is 16.3 Å². The Morgan fingerprint density at radius 2 is 1.86 bits per heavy atom. The van der Waals surface area contributed by atoms with Crippen LogP contribution in [0.25, 0.3) is 0 Å². The highest BCUT2D eigenvalue weighted by Crippen LogP contribution is 2.33. The molecule has 1 fully saturated rings. The molecule has 0 atom stereocenters. The number of Topliss-reactive ketones (excluding diaryl/α,β-unsaturated/α-hetero) is 2. The SMILES string of the molecule is CC1(C)CC(=O)C(C=NCCc2ccc(Cl)cc2Cl)C(=O)C1. The molecule has 0 heterocycles. The van der Waals surface area contributed by atoms with Gasteiger partial charge in [-0.15, -0.1) is 0 Å². The lowest BCUT2D eigenvalue weighted by molar-refractivity contribution is -0.136. The molecule has 0 aromatic heterocycles. The molecule has 3 nitrogen and oxygen atoms in total. The Labute approximate surface area is 140 Å². The monoisotopic (exact) mass is 339 g/mol. The third-order valence-electron chi connectivity index (χ3n) is 3.78. The minimum Gasteiger partial charge on any atom is -0.298 e. The minimum atomic E-state index is -0.672. The Bertz CT molecular complexity index is 603. The molecule has 1 saturated carbocycles. The van der Waals surface area contributed by atoms with Gasteiger partial charge in [0.05, 0.1) is 0 Å². The molecule has 0 radical (unpaired) electrons. The summed E-state index contributed by atoms with van der Waals surface area (Å²) in [6.45, 7) is 4.37. The maximum atomic E-state index is 12.0. The van der Waals surface area contributed by atoms with Gasteiger partial charge in [-0.1, -0.05) is 43.1 Å². The van der Waals surface area contributed by atoms with E-state index >= 15 is 0 Å². The molecular formula is C17H19Cl2NO2. The Morgan fingerprint density at radius 3 is 2.45 bits per heavy atom. The molecule has 1 aromatic rings. The lowest BCUT2D eigenvalue weighted by Gasteiger charge is -2.30. The van der Waals surface area contributed by atoms with Gasteiger partial charge in [0.1, 0.15) is 17.5 Å². The Morgan fingerprint density at radius 1 is 1.23 bits per heavy atom. The van der Waals surface area contributed by atoms with E-state index in [-0.39, 0.29) is 17.0 Å². The summed E-state index contributed by atoms with van der Waals surface area (Å²) < 4.78 is 0. The highest BCUT2D eigenvalue weighted by molar-refractivity contribution is 6.35. The van der Waals surface area contributed by atoms with Gasteiger partial charge in [0, 0.05) is 35.6 Å². The van der Waals surface area contributed by atoms with E-state index in [4.69, 9.17) is 23.2 Å². The number of ketones is 2. The highest BCUT2D eigenvalue weighted by atomic mass is 35.5. The number of nitrogens with zero attached hydrogens (tertiary/aromatic N) is 1. The molecule has 5 heteroatoms. The first-order chi connectivity index (χ1) is 10.3. The summed E-state index contributed by atoms with van der Waals surface area (Å²) in [5.74, 6) is -0.738. The second-order valence-corrected chi connectivity index (χ2v) is 7.31. The van der Waals surface area contributed by atoms with Crippen LogP contribution in [0.15, 0.2) is 23.2 Å². The third kappa shape index (κ3) is 4.40. The maximum Gasteiger partial charge on any atom is 0.149 e. The van der Waals surface area contributed by atoms with Crippen LogP contribution in [0.1, 0.15) is 32.3 Å². The zero-order valence-corrected chi connectivity index (χ0v) is 14.2. The first-order valence-corrected chi connectivity index (χ1v) is 8.03. The van der Waals surface area contributed by atoms with Gasteiger partial charge in [0.25, 0.3) is 0 Å². The van der Waals surface area contributed by atoms with Gasteiger partial charge in [0.2, 0.25) is 0 Å². The number of rotatable bonds is 4. The third-order valence-corrected chi connectivity index (χ3v) is 4.37. The van der Waals surface area contributed by atoms with Crippen molar-refractivity contribution < 1.29 is 9.59 Å². The van der Waals surface area contributed by atoms with E-state index in [1.165, 1.54) is 6.21 Å². The number of carbonyl (C=O) groups is 2. The smallest absolute Gasteiger partial charge is 0.149 e. The predicted octanol–water partition coefficient (Wildman–Crippen LogP) is 4.18. The number of aliphatic imine (C=N–C) groups is 1. The van der Waals surface area contributed by atoms with E-state index in [0.29, 0.717) is 35.9 Å². The Hall–Kier alpha value is -1.19. The lowest BCUT2D eigenvalue weighted by Crippen LogP contribution is -2.38. The predicted molar refractivity (Wildman–Crippen MR) is 90.0 cm³/mol. The highest BCUT2D eigenvalue weighted by Gasteiger charge is 2.38. The summed E-state index contributed by atoms with van der Waals surface area (Å²) in [6, 6.07) is 5.33. The summed E-state index contributed by atoms with van der Waals surface area (Å²) in [7, 11) is 0. The van der Waals surface area contributed by atoms with Crippen molar-refractivity contribution in [2.45, 2.75) is 33.1 Å². The van der Waals surface area contributed by atoms with Crippen LogP contribution in [0, 0.1) is 11.3 Å². The molecule has 0 aliphatic heterocycles. The lowest BCUT2D eigenvalue weighted by atomic mass is 9.72. The van der Waals surface area contributed by atoms with Crippen molar-refractivity contribution in [2.75, 3.05) is 6.54 Å². The molecule has 1 aliphatic rings. The van der Waals surface area contributed by atoms with E-state index in [1.54, 1.807) is 12.1 Å². The van der Waals surface area contributed by atoms with E-state index in [9.17, 15) is 9.59 Å². The first-order valence-electron chi connectivity index (χ1n) is 7.28. The average Bonchev–Trinajstić information content (AvgIpc) is 2.37. The van der Waals surface area contributed by atoms with Crippen molar-refractivity contribution in [1.82, 2.24) is 0 Å². The molecule has 0 saturated heterocycles. The van der Waals surface area contributed by atoms with Gasteiger partial charge >= 0.3 is 0 Å². The number of hydrogen-bond acceptors (Lipinski definition) is 3. The molecule has 0 bridgehead atoms. The largest absolute Gasteiger partial charge is 0.298 e. The molecule has 1 aromatic carbocycles. The Kier molecular flexibility index (Phi) is 5.41. The number of carbonyl (C=O) groups excluding carboxylic acids is 2. The summed E-state index contributed by atoms with van der Waals surface area (Å²) in [4.78, 5) is 28.3. The summed E-state index contributed by atoms with van der Waals surface area (Å²) in [6.07, 6.45) is 3.01. The molecular weight excluding hydrogens is 321 g/mol. The number of benzene rings is 1. The van der Waals surface area contributed by atoms with Crippen molar-refractivity contribution in [3.05, 3.63) is 33.8 Å². The zero-order valence-electron chi connectivity index (χ0n) is 12.7. The molecule has 118 valence electrons. The molecule has 22 heavy (non-hydrogen) atoms. The fraction of sp³-hybridized carbons (Fsp3) is 0.471. The van der Waals surface area contributed by atoms with Crippen LogP contribution < -0.4 is 0 Å². The minimum absolute atomic E-state index is 0.0328. The van der Waals surface area contributed by atoms with E-state index in [2.05, 4.69) is 4.99 Å². The van der Waals surface area contributed by atoms with Crippen molar-refractivity contribution in [3.63, 3.8) is 0 Å². The molecule has 1 aliphatic carbocycles. The van der Waals surface area contributed by atoms with Gasteiger partial charge < -0.3 is 0 Å². The van der Waals surface area contributed by atoms with Crippen LogP contribution in [0.5, 0.6) is 0 Å². The van der Waals surface area contributed by atoms with Gasteiger partial charge in [0.15, 0.2) is 0 Å². The van der Waals surface area contributed by atoms with Gasteiger partial charge in [-0.05, 0) is 29.5 Å². The van der Waals surface area contributed by atoms with Gasteiger partial charge in [-0.2, -0.15) is 0 Å². The van der Waals surface area contributed by atoms with Crippen LogP contribution in [0.3, 0.4) is 0 Å². The van der Waals surface area contributed by atoms with E-state index < -0.39 is 5.92 Å². The molecule has 0 unspecified atom stereocenters. The molecule has 0 N–H and O–H groups in total. The maximum absolute atomic E-state index is 12.0. The summed E-state index contributed by atoms with van der Waals surface area (Å²) in [5.41, 5.74) is 0.723. The first kappa shape index (κ1) is 17.2. The second-order valence-electron chi connectivity index (χ2n) is 6.47. The van der Waals surface area contributed by atoms with Crippen LogP contribution >= 0.6 is 23.2 Å². The van der Waals surface area contributed by atoms with E-state index in [1.807, 2.05) is 19.9 Å². The zero-order chi connectivity index (χ0) is 16.3. The van der Waals surface area contributed by atoms with Crippen LogP contribution in [-0.4, -0.2) is 24.3 Å². The van der Waals surface area contributed by atoms with Gasteiger partial charge in [-0.25, -0.2) is 0 Å². The fourth-order valence-corrected chi connectivity index (χ4v) is 3.16. The summed E-state index contributed by atoms with van der Waals surface area (Å²) >= 11 is 11.9.